The zero-order chi connectivity index (χ0) is 45.7. The van der Waals surface area contributed by atoms with Crippen molar-refractivity contribution in [3.05, 3.63) is 265 Å². The van der Waals surface area contributed by atoms with Gasteiger partial charge in [-0.2, -0.15) is 0 Å². The topological polar surface area (TPSA) is 8.17 Å². The molecular formula is C67H40N2S. The molecule has 0 saturated carbocycles. The molecule has 2 aromatic heterocycles. The first-order valence-electron chi connectivity index (χ1n) is 24.3. The Hall–Kier alpha value is -8.76. The van der Waals surface area contributed by atoms with Crippen LogP contribution in [0.1, 0.15) is 22.3 Å². The lowest BCUT2D eigenvalue weighted by Gasteiger charge is -2.36. The van der Waals surface area contributed by atoms with E-state index >= 15 is 0 Å². The van der Waals surface area contributed by atoms with Crippen molar-refractivity contribution in [2.75, 3.05) is 4.90 Å². The third kappa shape index (κ3) is 4.91. The summed E-state index contributed by atoms with van der Waals surface area (Å²) in [7, 11) is 0. The van der Waals surface area contributed by atoms with E-state index in [1.165, 1.54) is 124 Å². The second-order valence-corrected chi connectivity index (χ2v) is 20.1. The zero-order valence-electron chi connectivity index (χ0n) is 37.9. The van der Waals surface area contributed by atoms with Crippen LogP contribution in [-0.4, -0.2) is 4.57 Å². The van der Waals surface area contributed by atoms with E-state index in [9.17, 15) is 0 Å². The van der Waals surface area contributed by atoms with Crippen molar-refractivity contribution in [1.29, 1.82) is 0 Å². The summed E-state index contributed by atoms with van der Waals surface area (Å²) in [6.07, 6.45) is 0. The average Bonchev–Trinajstić information content (AvgIpc) is 4.15. The normalized spacial score (nSPS) is 13.3. The van der Waals surface area contributed by atoms with Crippen molar-refractivity contribution < 1.29 is 0 Å². The SMILES string of the molecule is c1ccc2c(c1)-c1ccccc1C21c2ccccc2-c2cccc(N(c3cccc4c3ccc3c5ccccc5ccc43)c3cccc4c3c3ccccc3n4-c3ccc4c(c3)sc3ccccc34)c21. The van der Waals surface area contributed by atoms with Crippen molar-refractivity contribution in [3.63, 3.8) is 0 Å². The van der Waals surface area contributed by atoms with Crippen LogP contribution in [0.2, 0.25) is 0 Å². The number of aromatic nitrogens is 1. The lowest BCUT2D eigenvalue weighted by Crippen LogP contribution is -2.28. The number of hydrogen-bond acceptors (Lipinski definition) is 2. The molecule has 12 aromatic carbocycles. The van der Waals surface area contributed by atoms with Gasteiger partial charge in [0.05, 0.1) is 33.5 Å². The Morgan fingerprint density at radius 2 is 0.843 bits per heavy atom. The summed E-state index contributed by atoms with van der Waals surface area (Å²) in [5.74, 6) is 0. The molecule has 1 spiro atoms. The highest BCUT2D eigenvalue weighted by molar-refractivity contribution is 7.25. The van der Waals surface area contributed by atoms with Crippen molar-refractivity contribution >= 4 is 103 Å². The lowest BCUT2D eigenvalue weighted by atomic mass is 9.70. The molecule has 2 heterocycles. The fourth-order valence-electron chi connectivity index (χ4n) is 13.1. The zero-order valence-corrected chi connectivity index (χ0v) is 38.7. The van der Waals surface area contributed by atoms with Gasteiger partial charge in [-0.05, 0) is 114 Å². The van der Waals surface area contributed by atoms with Gasteiger partial charge in [-0.1, -0.05) is 194 Å². The average molecular weight is 905 g/mol. The Balaban J connectivity index is 1.04. The molecule has 0 unspecified atom stereocenters. The van der Waals surface area contributed by atoms with E-state index in [1.54, 1.807) is 0 Å². The van der Waals surface area contributed by atoms with Crippen LogP contribution >= 0.6 is 11.3 Å². The Morgan fingerprint density at radius 1 is 0.329 bits per heavy atom. The maximum Gasteiger partial charge on any atom is 0.0746 e. The van der Waals surface area contributed by atoms with Crippen molar-refractivity contribution in [2.45, 2.75) is 5.41 Å². The fraction of sp³-hybridized carbons (Fsp3) is 0.0149. The molecule has 0 amide bonds. The summed E-state index contributed by atoms with van der Waals surface area (Å²) in [5.41, 5.74) is 16.9. The van der Waals surface area contributed by atoms with Gasteiger partial charge in [0.15, 0.2) is 0 Å². The molecule has 3 heteroatoms. The van der Waals surface area contributed by atoms with Gasteiger partial charge in [-0.3, -0.25) is 0 Å². The highest BCUT2D eigenvalue weighted by Crippen LogP contribution is 2.66. The number of anilines is 3. The van der Waals surface area contributed by atoms with E-state index < -0.39 is 5.41 Å². The van der Waals surface area contributed by atoms with Gasteiger partial charge in [-0.15, -0.1) is 11.3 Å². The molecule has 2 aliphatic rings. The number of benzene rings is 12. The molecule has 324 valence electrons. The molecular weight excluding hydrogens is 865 g/mol. The Bertz CT molecular complexity index is 4500. The summed E-state index contributed by atoms with van der Waals surface area (Å²) in [5, 5.41) is 12.5. The third-order valence-corrected chi connectivity index (χ3v) is 16.9. The molecule has 0 bridgehead atoms. The van der Waals surface area contributed by atoms with E-state index in [2.05, 4.69) is 252 Å². The van der Waals surface area contributed by atoms with Crippen LogP contribution in [0, 0.1) is 0 Å². The standard InChI is InChI=1S/C67H40N2S/c1-2-17-43-41(16-1)34-36-46-44-23-13-29-58(50(44)39-38-45(43)46)69(62-32-14-24-53-49-20-5-10-27-57(49)67(66(53)62)55-25-8-3-18-47(55)48-19-4-9-26-56(48)67)61-31-15-30-60-65(61)54-22-6-11-28-59(54)68(60)42-35-37-52-51-21-7-12-33-63(51)70-64(52)40-42/h1-40H. The summed E-state index contributed by atoms with van der Waals surface area (Å²) >= 11 is 1.87. The molecule has 0 aliphatic heterocycles. The molecule has 0 N–H and O–H groups in total. The summed E-state index contributed by atoms with van der Waals surface area (Å²) in [6, 6.07) is 91.4. The highest BCUT2D eigenvalue weighted by atomic mass is 32.1. The van der Waals surface area contributed by atoms with Crippen LogP contribution in [0.4, 0.5) is 17.1 Å². The van der Waals surface area contributed by atoms with Gasteiger partial charge >= 0.3 is 0 Å². The summed E-state index contributed by atoms with van der Waals surface area (Å²) in [6.45, 7) is 0. The van der Waals surface area contributed by atoms with E-state index in [4.69, 9.17) is 0 Å². The maximum absolute atomic E-state index is 2.64. The van der Waals surface area contributed by atoms with Gasteiger partial charge in [0.1, 0.15) is 0 Å². The molecule has 0 fully saturated rings. The summed E-state index contributed by atoms with van der Waals surface area (Å²) in [4.78, 5) is 2.64. The Kier molecular flexibility index (Phi) is 7.73. The van der Waals surface area contributed by atoms with Crippen LogP contribution in [0.5, 0.6) is 0 Å². The van der Waals surface area contributed by atoms with Crippen LogP contribution in [-0.2, 0) is 5.41 Å². The first kappa shape index (κ1) is 38.2. The molecule has 16 rings (SSSR count). The van der Waals surface area contributed by atoms with Gasteiger partial charge in [0.2, 0.25) is 0 Å². The molecule has 70 heavy (non-hydrogen) atoms. The first-order valence-corrected chi connectivity index (χ1v) is 25.1. The number of thiophene rings is 1. The van der Waals surface area contributed by atoms with Crippen molar-refractivity contribution in [2.24, 2.45) is 0 Å². The third-order valence-electron chi connectivity index (χ3n) is 15.8. The molecule has 0 saturated heterocycles. The first-order chi connectivity index (χ1) is 34.8. The second kappa shape index (κ2) is 14.1. The lowest BCUT2D eigenvalue weighted by molar-refractivity contribution is 0.793. The fourth-order valence-corrected chi connectivity index (χ4v) is 14.2. The molecule has 14 aromatic rings. The predicted octanol–water partition coefficient (Wildman–Crippen LogP) is 18.4. The minimum absolute atomic E-state index is 0.564. The van der Waals surface area contributed by atoms with Crippen molar-refractivity contribution in [1.82, 2.24) is 4.57 Å². The molecule has 2 nitrogen and oxygen atoms in total. The molecule has 0 radical (unpaired) electrons. The highest BCUT2D eigenvalue weighted by Gasteiger charge is 2.53. The largest absolute Gasteiger partial charge is 0.309 e. The minimum Gasteiger partial charge on any atom is -0.309 e. The van der Waals surface area contributed by atoms with Gasteiger partial charge in [-0.25, -0.2) is 0 Å². The van der Waals surface area contributed by atoms with E-state index in [1.807, 2.05) is 11.3 Å². The van der Waals surface area contributed by atoms with Crippen LogP contribution < -0.4 is 4.90 Å². The minimum atomic E-state index is -0.564. The number of nitrogens with zero attached hydrogens (tertiary/aromatic N) is 2. The maximum atomic E-state index is 2.64. The van der Waals surface area contributed by atoms with Crippen LogP contribution in [0.15, 0.2) is 243 Å². The Morgan fingerprint density at radius 3 is 1.66 bits per heavy atom. The summed E-state index contributed by atoms with van der Waals surface area (Å²) < 4.78 is 5.10. The monoisotopic (exact) mass is 904 g/mol. The van der Waals surface area contributed by atoms with Gasteiger partial charge in [0, 0.05) is 47.6 Å². The predicted molar refractivity (Wildman–Crippen MR) is 297 cm³/mol. The van der Waals surface area contributed by atoms with E-state index in [0.717, 1.165) is 17.1 Å². The molecule has 2 aliphatic carbocycles. The second-order valence-electron chi connectivity index (χ2n) is 19.0. The van der Waals surface area contributed by atoms with Crippen LogP contribution in [0.3, 0.4) is 0 Å². The van der Waals surface area contributed by atoms with Crippen molar-refractivity contribution in [3.8, 4) is 27.9 Å². The number of fused-ring (bicyclic) bond motifs is 21. The van der Waals surface area contributed by atoms with E-state index in [-0.39, 0.29) is 0 Å². The molecule has 0 atom stereocenters. The number of rotatable bonds is 4. The van der Waals surface area contributed by atoms with Gasteiger partial charge in [0.25, 0.3) is 0 Å². The number of hydrogen-bond donors (Lipinski definition) is 0. The number of para-hydroxylation sites is 1. The van der Waals surface area contributed by atoms with Crippen LogP contribution in [0.25, 0.3) is 102 Å². The smallest absolute Gasteiger partial charge is 0.0746 e. The quantitative estimate of drug-likeness (QED) is 0.160. The van der Waals surface area contributed by atoms with E-state index in [0.29, 0.717) is 0 Å². The van der Waals surface area contributed by atoms with Gasteiger partial charge < -0.3 is 9.47 Å². The Labute approximate surface area is 408 Å².